The number of H-pyrrole nitrogens is 1. The highest BCUT2D eigenvalue weighted by Gasteiger charge is 2.36. The number of rotatable bonds is 4. The highest BCUT2D eigenvalue weighted by molar-refractivity contribution is 5.80. The molecule has 1 aliphatic rings. The predicted octanol–water partition coefficient (Wildman–Crippen LogP) is 2.77. The Kier molecular flexibility index (Phi) is 5.52. The molecule has 0 bridgehead atoms. The maximum atomic E-state index is 13.2. The summed E-state index contributed by atoms with van der Waals surface area (Å²) in [6.07, 6.45) is -4.46. The highest BCUT2D eigenvalue weighted by atomic mass is 19.4. The zero-order chi connectivity index (χ0) is 18.0. The first-order valence-electron chi connectivity index (χ1n) is 7.84. The summed E-state index contributed by atoms with van der Waals surface area (Å²) in [7, 11) is 0. The first-order valence-corrected chi connectivity index (χ1v) is 7.84. The Bertz CT molecular complexity index is 694. The van der Waals surface area contributed by atoms with Gasteiger partial charge in [-0.2, -0.15) is 13.2 Å². The quantitative estimate of drug-likeness (QED) is 0.797. The van der Waals surface area contributed by atoms with Crippen molar-refractivity contribution in [2.45, 2.75) is 39.1 Å². The largest absolute Gasteiger partial charge is 0.418 e. The molecule has 0 unspecified atom stereocenters. The Morgan fingerprint density at radius 3 is 2.54 bits per heavy atom. The van der Waals surface area contributed by atoms with Crippen LogP contribution in [0, 0.1) is 6.92 Å². The molecule has 134 valence electrons. The van der Waals surface area contributed by atoms with Gasteiger partial charge in [0.2, 0.25) is 0 Å². The fourth-order valence-electron chi connectivity index (χ4n) is 2.50. The Balaban J connectivity index is 0.00000100. The minimum atomic E-state index is -4.46. The predicted molar refractivity (Wildman–Crippen MR) is 84.7 cm³/mol. The van der Waals surface area contributed by atoms with Crippen molar-refractivity contribution in [3.63, 3.8) is 0 Å². The third kappa shape index (κ3) is 4.06. The van der Waals surface area contributed by atoms with E-state index in [1.54, 1.807) is 13.0 Å². The lowest BCUT2D eigenvalue weighted by Gasteiger charge is -2.36. The van der Waals surface area contributed by atoms with Gasteiger partial charge in [0.15, 0.2) is 0 Å². The number of ether oxygens (including phenoxy) is 1. The lowest BCUT2D eigenvalue weighted by atomic mass is 10.0. The normalized spacial score (nSPS) is 16.5. The number of aliphatic hydroxyl groups is 1. The van der Waals surface area contributed by atoms with Crippen LogP contribution in [0.5, 0.6) is 0 Å². The fourth-order valence-corrected chi connectivity index (χ4v) is 2.50. The zero-order valence-corrected chi connectivity index (χ0v) is 13.9. The van der Waals surface area contributed by atoms with Crippen LogP contribution in [0.25, 0.3) is 11.0 Å². The van der Waals surface area contributed by atoms with Crippen LogP contribution in [0.3, 0.4) is 0 Å². The van der Waals surface area contributed by atoms with Gasteiger partial charge in [0.05, 0.1) is 24.3 Å². The summed E-state index contributed by atoms with van der Waals surface area (Å²) in [4.78, 5) is 6.74. The zero-order valence-electron chi connectivity index (χ0n) is 13.9. The molecule has 3 N–H and O–H groups in total. The van der Waals surface area contributed by atoms with Gasteiger partial charge in [0, 0.05) is 13.1 Å². The summed E-state index contributed by atoms with van der Waals surface area (Å²) < 4.78 is 44.4. The second kappa shape index (κ2) is 7.08. The maximum Gasteiger partial charge on any atom is 0.418 e. The number of alkyl halides is 3. The minimum Gasteiger partial charge on any atom is -0.384 e. The highest BCUT2D eigenvalue weighted by Crippen LogP contribution is 2.34. The number of aromatic nitrogens is 2. The molecule has 2 aromatic rings. The molecule has 24 heavy (non-hydrogen) atoms. The molecule has 0 saturated carbocycles. The van der Waals surface area contributed by atoms with Crippen molar-refractivity contribution in [1.29, 1.82) is 0 Å². The van der Waals surface area contributed by atoms with E-state index in [4.69, 9.17) is 4.74 Å². The number of halogens is 3. The van der Waals surface area contributed by atoms with E-state index >= 15 is 0 Å². The van der Waals surface area contributed by atoms with E-state index in [1.165, 1.54) is 0 Å². The Hall–Kier alpha value is -1.64. The number of nitrogens with one attached hydrogen (secondary N) is 2. The van der Waals surface area contributed by atoms with Gasteiger partial charge in [-0.25, -0.2) is 4.98 Å². The SMILES string of the molecule is CC.Cc1nc2c(C(F)(F)F)cc(CNCC3(O)COC3)cc2[nH]1. The lowest BCUT2D eigenvalue weighted by Crippen LogP contribution is -2.56. The van der Waals surface area contributed by atoms with Gasteiger partial charge in [0.25, 0.3) is 0 Å². The molecule has 0 atom stereocenters. The molecule has 0 aliphatic carbocycles. The van der Waals surface area contributed by atoms with Crippen molar-refractivity contribution in [3.8, 4) is 0 Å². The summed E-state index contributed by atoms with van der Waals surface area (Å²) in [5, 5.41) is 12.8. The van der Waals surface area contributed by atoms with Crippen molar-refractivity contribution >= 4 is 11.0 Å². The minimum absolute atomic E-state index is 0.0697. The van der Waals surface area contributed by atoms with Crippen molar-refractivity contribution in [3.05, 3.63) is 29.1 Å². The van der Waals surface area contributed by atoms with Gasteiger partial charge in [-0.3, -0.25) is 0 Å². The first-order chi connectivity index (χ1) is 11.3. The van der Waals surface area contributed by atoms with Gasteiger partial charge >= 0.3 is 6.18 Å². The number of fused-ring (bicyclic) bond motifs is 1. The number of hydrogen-bond acceptors (Lipinski definition) is 4. The van der Waals surface area contributed by atoms with E-state index < -0.39 is 17.3 Å². The molecule has 1 aliphatic heterocycles. The van der Waals surface area contributed by atoms with Gasteiger partial charge in [0.1, 0.15) is 16.9 Å². The first kappa shape index (κ1) is 18.7. The number of aryl methyl sites for hydroxylation is 1. The van der Waals surface area contributed by atoms with E-state index in [2.05, 4.69) is 15.3 Å². The Morgan fingerprint density at radius 1 is 1.33 bits per heavy atom. The average Bonchev–Trinajstić information content (AvgIpc) is 2.85. The average molecular weight is 345 g/mol. The van der Waals surface area contributed by atoms with Gasteiger partial charge < -0.3 is 20.1 Å². The monoisotopic (exact) mass is 345 g/mol. The molecule has 0 amide bonds. The molecule has 1 aromatic heterocycles. The number of aromatic amines is 1. The topological polar surface area (TPSA) is 70.2 Å². The summed E-state index contributed by atoms with van der Waals surface area (Å²) >= 11 is 0. The van der Waals surface area contributed by atoms with E-state index in [0.29, 0.717) is 16.9 Å². The van der Waals surface area contributed by atoms with Crippen LogP contribution >= 0.6 is 0 Å². The molecule has 1 saturated heterocycles. The number of benzene rings is 1. The van der Waals surface area contributed by atoms with Gasteiger partial charge in [-0.05, 0) is 24.6 Å². The number of nitrogens with zero attached hydrogens (tertiary/aromatic N) is 1. The van der Waals surface area contributed by atoms with E-state index in [1.807, 2.05) is 13.8 Å². The summed E-state index contributed by atoms with van der Waals surface area (Å²) in [5.74, 6) is 0.437. The molecule has 8 heteroatoms. The molecular weight excluding hydrogens is 323 g/mol. The van der Waals surface area contributed by atoms with Crippen LogP contribution in [0.4, 0.5) is 13.2 Å². The maximum absolute atomic E-state index is 13.2. The van der Waals surface area contributed by atoms with Crippen LogP contribution in [0.15, 0.2) is 12.1 Å². The van der Waals surface area contributed by atoms with Crippen molar-refractivity contribution in [2.75, 3.05) is 19.8 Å². The second-order valence-corrected chi connectivity index (χ2v) is 5.68. The molecule has 0 spiro atoms. The number of imidazole rings is 1. The summed E-state index contributed by atoms with van der Waals surface area (Å²) in [5.41, 5.74) is -0.902. The van der Waals surface area contributed by atoms with Crippen LogP contribution in [0.1, 0.15) is 30.8 Å². The van der Waals surface area contributed by atoms with E-state index in [-0.39, 0.29) is 31.8 Å². The van der Waals surface area contributed by atoms with Crippen molar-refractivity contribution in [1.82, 2.24) is 15.3 Å². The van der Waals surface area contributed by atoms with Crippen molar-refractivity contribution in [2.24, 2.45) is 0 Å². The standard InChI is InChI=1S/C14H16F3N3O2.C2H6/c1-8-19-11-3-9(4-18-5-13(21)6-22-7-13)2-10(12(11)20-8)14(15,16)17;1-2/h2-3,18,21H,4-7H2,1H3,(H,19,20);1-2H3. The lowest BCUT2D eigenvalue weighted by molar-refractivity contribution is -0.174. The van der Waals surface area contributed by atoms with E-state index in [9.17, 15) is 18.3 Å². The van der Waals surface area contributed by atoms with Gasteiger partial charge in [-0.1, -0.05) is 13.8 Å². The third-order valence-electron chi connectivity index (χ3n) is 3.59. The third-order valence-corrected chi connectivity index (χ3v) is 3.59. The van der Waals surface area contributed by atoms with Crippen LogP contribution < -0.4 is 5.32 Å². The Morgan fingerprint density at radius 2 is 2.00 bits per heavy atom. The van der Waals surface area contributed by atoms with Crippen molar-refractivity contribution < 1.29 is 23.0 Å². The second-order valence-electron chi connectivity index (χ2n) is 5.68. The molecule has 0 radical (unpaired) electrons. The molecule has 2 heterocycles. The Labute approximate surface area is 138 Å². The summed E-state index contributed by atoms with van der Waals surface area (Å²) in [6, 6.07) is 2.73. The van der Waals surface area contributed by atoms with Crippen LogP contribution in [-0.2, 0) is 17.5 Å². The van der Waals surface area contributed by atoms with Crippen LogP contribution in [0.2, 0.25) is 0 Å². The molecule has 3 rings (SSSR count). The molecular formula is C16H22F3N3O2. The summed E-state index contributed by atoms with van der Waals surface area (Å²) in [6.45, 7) is 6.59. The molecule has 5 nitrogen and oxygen atoms in total. The van der Waals surface area contributed by atoms with E-state index in [0.717, 1.165) is 6.07 Å². The fraction of sp³-hybridized carbons (Fsp3) is 0.562. The van der Waals surface area contributed by atoms with Gasteiger partial charge in [-0.15, -0.1) is 0 Å². The number of hydrogen-bond donors (Lipinski definition) is 3. The van der Waals surface area contributed by atoms with Crippen LogP contribution in [-0.4, -0.2) is 40.4 Å². The molecule has 1 fully saturated rings. The molecule has 1 aromatic carbocycles. The smallest absolute Gasteiger partial charge is 0.384 e.